The van der Waals surface area contributed by atoms with Crippen molar-refractivity contribution in [3.63, 3.8) is 0 Å². The summed E-state index contributed by atoms with van der Waals surface area (Å²) in [5.41, 5.74) is 0. The molecular formula is C24H27NO4. The third-order valence-electron chi connectivity index (χ3n) is 5.33. The van der Waals surface area contributed by atoms with Crippen molar-refractivity contribution in [2.24, 2.45) is 0 Å². The van der Waals surface area contributed by atoms with Gasteiger partial charge in [0.15, 0.2) is 11.5 Å². The highest BCUT2D eigenvalue weighted by molar-refractivity contribution is 5.93. The van der Waals surface area contributed by atoms with Gasteiger partial charge in [0.2, 0.25) is 5.75 Å². The third-order valence-corrected chi connectivity index (χ3v) is 5.33. The molecule has 1 aliphatic heterocycles. The van der Waals surface area contributed by atoms with E-state index in [1.54, 1.807) is 6.07 Å². The Balaban J connectivity index is 1.44. The summed E-state index contributed by atoms with van der Waals surface area (Å²) in [6.45, 7) is 3.99. The lowest BCUT2D eigenvalue weighted by Gasteiger charge is -2.26. The lowest BCUT2D eigenvalue weighted by Crippen LogP contribution is -2.33. The fourth-order valence-electron chi connectivity index (χ4n) is 3.73. The second kappa shape index (κ2) is 9.05. The highest BCUT2D eigenvalue weighted by Crippen LogP contribution is 2.44. The van der Waals surface area contributed by atoms with Gasteiger partial charge in [-0.3, -0.25) is 4.90 Å². The number of rotatable bonds is 7. The quantitative estimate of drug-likeness (QED) is 0.597. The van der Waals surface area contributed by atoms with Gasteiger partial charge in [-0.15, -0.1) is 0 Å². The van der Waals surface area contributed by atoms with Crippen LogP contribution in [-0.4, -0.2) is 43.4 Å². The molecule has 1 saturated heterocycles. The van der Waals surface area contributed by atoms with Crippen molar-refractivity contribution in [2.75, 3.05) is 33.4 Å². The van der Waals surface area contributed by atoms with Gasteiger partial charge in [0, 0.05) is 11.9 Å². The maximum atomic E-state index is 10.6. The molecule has 4 rings (SSSR count). The number of methoxy groups -OCH3 is 1. The van der Waals surface area contributed by atoms with Crippen molar-refractivity contribution in [3.05, 3.63) is 54.6 Å². The van der Waals surface area contributed by atoms with E-state index in [-0.39, 0.29) is 5.75 Å². The number of piperidine rings is 1. The highest BCUT2D eigenvalue weighted by atomic mass is 16.5. The monoisotopic (exact) mass is 393 g/mol. The first kappa shape index (κ1) is 19.4. The summed E-state index contributed by atoms with van der Waals surface area (Å²) in [4.78, 5) is 2.46. The Morgan fingerprint density at radius 3 is 2.41 bits per heavy atom. The molecule has 1 aliphatic rings. The zero-order valence-electron chi connectivity index (χ0n) is 16.8. The molecule has 1 heterocycles. The standard InChI is InChI=1S/C24H27NO4/c1-27-22-17-18-7-3-4-8-21(18)24(23(22)26)29-20-11-9-19(10-12-20)28-16-15-25-13-5-2-6-14-25/h3-4,7-12,17,26H,2,5-6,13-16H2,1H3. The minimum absolute atomic E-state index is 0.00643. The highest BCUT2D eigenvalue weighted by Gasteiger charge is 2.15. The summed E-state index contributed by atoms with van der Waals surface area (Å²) >= 11 is 0. The summed E-state index contributed by atoms with van der Waals surface area (Å²) in [6, 6.07) is 17.0. The predicted molar refractivity (Wildman–Crippen MR) is 114 cm³/mol. The van der Waals surface area contributed by atoms with E-state index in [1.165, 1.54) is 39.5 Å². The molecule has 1 N–H and O–H groups in total. The normalized spacial score (nSPS) is 14.7. The van der Waals surface area contributed by atoms with Crippen molar-refractivity contribution in [1.29, 1.82) is 0 Å². The zero-order chi connectivity index (χ0) is 20.1. The number of benzene rings is 3. The smallest absolute Gasteiger partial charge is 0.202 e. The summed E-state index contributed by atoms with van der Waals surface area (Å²) in [7, 11) is 1.53. The van der Waals surface area contributed by atoms with Gasteiger partial charge in [0.05, 0.1) is 7.11 Å². The molecular weight excluding hydrogens is 366 g/mol. The molecule has 5 nitrogen and oxygen atoms in total. The Hall–Kier alpha value is -2.92. The van der Waals surface area contributed by atoms with Crippen molar-refractivity contribution >= 4 is 10.8 Å². The molecule has 152 valence electrons. The summed E-state index contributed by atoms with van der Waals surface area (Å²) < 4.78 is 17.2. The molecule has 0 aliphatic carbocycles. The molecule has 0 saturated carbocycles. The number of phenolic OH excluding ortho intramolecular Hbond substituents is 1. The molecule has 29 heavy (non-hydrogen) atoms. The number of nitrogens with zero attached hydrogens (tertiary/aromatic N) is 1. The number of hydrogen-bond acceptors (Lipinski definition) is 5. The van der Waals surface area contributed by atoms with E-state index in [4.69, 9.17) is 14.2 Å². The molecule has 3 aromatic rings. The van der Waals surface area contributed by atoms with Crippen LogP contribution >= 0.6 is 0 Å². The Bertz CT molecular complexity index is 949. The molecule has 1 fully saturated rings. The van der Waals surface area contributed by atoms with Crippen LogP contribution in [0.5, 0.6) is 28.7 Å². The van der Waals surface area contributed by atoms with E-state index in [0.717, 1.165) is 23.1 Å². The van der Waals surface area contributed by atoms with Crippen LogP contribution in [-0.2, 0) is 0 Å². The van der Waals surface area contributed by atoms with Gasteiger partial charge >= 0.3 is 0 Å². The lowest BCUT2D eigenvalue weighted by molar-refractivity contribution is 0.183. The second-order valence-electron chi connectivity index (χ2n) is 7.30. The Labute approximate surface area is 171 Å². The van der Waals surface area contributed by atoms with Crippen LogP contribution in [0.3, 0.4) is 0 Å². The minimum atomic E-state index is -0.00643. The average Bonchev–Trinajstić information content (AvgIpc) is 2.77. The molecule has 0 unspecified atom stereocenters. The zero-order valence-corrected chi connectivity index (χ0v) is 16.8. The number of fused-ring (bicyclic) bond motifs is 1. The number of likely N-dealkylation sites (tertiary alicyclic amines) is 1. The number of ether oxygens (including phenoxy) is 3. The Kier molecular flexibility index (Phi) is 6.06. The van der Waals surface area contributed by atoms with Crippen molar-refractivity contribution in [2.45, 2.75) is 19.3 Å². The van der Waals surface area contributed by atoms with Gasteiger partial charge < -0.3 is 19.3 Å². The van der Waals surface area contributed by atoms with Crippen LogP contribution in [0, 0.1) is 0 Å². The first-order valence-corrected chi connectivity index (χ1v) is 10.2. The van der Waals surface area contributed by atoms with Crippen LogP contribution in [0.2, 0.25) is 0 Å². The van der Waals surface area contributed by atoms with E-state index in [2.05, 4.69) is 4.90 Å². The fraction of sp³-hybridized carbons (Fsp3) is 0.333. The summed E-state index contributed by atoms with van der Waals surface area (Å²) in [6.07, 6.45) is 3.92. The van der Waals surface area contributed by atoms with E-state index < -0.39 is 0 Å². The van der Waals surface area contributed by atoms with Gasteiger partial charge in [-0.1, -0.05) is 30.7 Å². The number of phenols is 1. The van der Waals surface area contributed by atoms with Crippen molar-refractivity contribution in [1.82, 2.24) is 4.90 Å². The maximum Gasteiger partial charge on any atom is 0.202 e. The molecule has 0 bridgehead atoms. The summed E-state index contributed by atoms with van der Waals surface area (Å²) in [5.74, 6) is 2.21. The Morgan fingerprint density at radius 2 is 1.66 bits per heavy atom. The first-order chi connectivity index (χ1) is 14.2. The largest absolute Gasteiger partial charge is 0.502 e. The van der Waals surface area contributed by atoms with E-state index >= 15 is 0 Å². The van der Waals surface area contributed by atoms with Crippen LogP contribution < -0.4 is 14.2 Å². The fourth-order valence-corrected chi connectivity index (χ4v) is 3.73. The van der Waals surface area contributed by atoms with Crippen LogP contribution in [0.1, 0.15) is 19.3 Å². The second-order valence-corrected chi connectivity index (χ2v) is 7.30. The summed E-state index contributed by atoms with van der Waals surface area (Å²) in [5, 5.41) is 12.3. The molecule has 0 amide bonds. The van der Waals surface area contributed by atoms with Gasteiger partial charge in [-0.25, -0.2) is 0 Å². The van der Waals surface area contributed by atoms with Gasteiger partial charge in [0.1, 0.15) is 18.1 Å². The van der Waals surface area contributed by atoms with Crippen LogP contribution in [0.4, 0.5) is 0 Å². The molecule has 0 spiro atoms. The van der Waals surface area contributed by atoms with Gasteiger partial charge in [0.25, 0.3) is 0 Å². The predicted octanol–water partition coefficient (Wildman–Crippen LogP) is 5.21. The van der Waals surface area contributed by atoms with Gasteiger partial charge in [-0.05, 0) is 61.6 Å². The molecule has 0 aromatic heterocycles. The van der Waals surface area contributed by atoms with Crippen LogP contribution in [0.15, 0.2) is 54.6 Å². The van der Waals surface area contributed by atoms with E-state index in [0.29, 0.717) is 23.9 Å². The van der Waals surface area contributed by atoms with E-state index in [9.17, 15) is 5.11 Å². The van der Waals surface area contributed by atoms with Crippen molar-refractivity contribution in [3.8, 4) is 28.7 Å². The SMILES string of the molecule is COc1cc2ccccc2c(Oc2ccc(OCCN3CCCCC3)cc2)c1O. The van der Waals surface area contributed by atoms with Crippen LogP contribution in [0.25, 0.3) is 10.8 Å². The third kappa shape index (κ3) is 4.57. The van der Waals surface area contributed by atoms with E-state index in [1.807, 2.05) is 48.5 Å². The molecule has 3 aromatic carbocycles. The maximum absolute atomic E-state index is 10.6. The Morgan fingerprint density at radius 1 is 0.931 bits per heavy atom. The minimum Gasteiger partial charge on any atom is -0.502 e. The number of aromatic hydroxyl groups is 1. The van der Waals surface area contributed by atoms with Crippen molar-refractivity contribution < 1.29 is 19.3 Å². The first-order valence-electron chi connectivity index (χ1n) is 10.2. The molecule has 0 atom stereocenters. The lowest BCUT2D eigenvalue weighted by atomic mass is 10.1. The average molecular weight is 393 g/mol. The topological polar surface area (TPSA) is 51.2 Å². The molecule has 0 radical (unpaired) electrons. The molecule has 5 heteroatoms. The van der Waals surface area contributed by atoms with Gasteiger partial charge in [-0.2, -0.15) is 0 Å². The number of hydrogen-bond donors (Lipinski definition) is 1.